The Morgan fingerprint density at radius 3 is 2.47 bits per heavy atom. The van der Waals surface area contributed by atoms with Crippen LogP contribution in [-0.2, 0) is 9.53 Å². The fourth-order valence-corrected chi connectivity index (χ4v) is 2.31. The number of nitrogens with one attached hydrogen (secondary N) is 1. The Morgan fingerprint density at radius 1 is 1.41 bits per heavy atom. The number of hydrogen-bond donors (Lipinski definition) is 3. The zero-order valence-electron chi connectivity index (χ0n) is 10.2. The highest BCUT2D eigenvalue weighted by molar-refractivity contribution is 5.94. The van der Waals surface area contributed by atoms with E-state index in [1.807, 2.05) is 0 Å². The van der Waals surface area contributed by atoms with Gasteiger partial charge in [0.25, 0.3) is 0 Å². The van der Waals surface area contributed by atoms with Crippen molar-refractivity contribution in [1.29, 1.82) is 0 Å². The van der Waals surface area contributed by atoms with E-state index in [0.717, 1.165) is 25.7 Å². The predicted octanol–water partition coefficient (Wildman–Crippen LogP) is 0.588. The molecule has 0 aromatic carbocycles. The number of carbonyl (C=O) groups excluding carboxylic acids is 1. The molecule has 0 heterocycles. The Kier molecular flexibility index (Phi) is 5.21. The van der Waals surface area contributed by atoms with Gasteiger partial charge in [0.2, 0.25) is 5.91 Å². The summed E-state index contributed by atoms with van der Waals surface area (Å²) in [6.45, 7) is -0.0134. The lowest BCUT2D eigenvalue weighted by molar-refractivity contribution is -0.126. The van der Waals surface area contributed by atoms with Gasteiger partial charge < -0.3 is 21.0 Å². The fourth-order valence-electron chi connectivity index (χ4n) is 2.31. The molecule has 4 N–H and O–H groups in total. The second-order valence-electron chi connectivity index (χ2n) is 4.46. The van der Waals surface area contributed by atoms with Crippen molar-refractivity contribution in [1.82, 2.24) is 5.32 Å². The summed E-state index contributed by atoms with van der Waals surface area (Å²) in [4.78, 5) is 11.6. The summed E-state index contributed by atoms with van der Waals surface area (Å²) in [5.74, 6) is -0.148. The first kappa shape index (κ1) is 13.8. The van der Waals surface area contributed by atoms with Crippen molar-refractivity contribution in [2.24, 2.45) is 10.9 Å². The van der Waals surface area contributed by atoms with E-state index in [1.165, 1.54) is 7.11 Å². The van der Waals surface area contributed by atoms with Crippen molar-refractivity contribution in [3.63, 3.8) is 0 Å². The second kappa shape index (κ2) is 6.44. The van der Waals surface area contributed by atoms with Crippen LogP contribution in [0.25, 0.3) is 0 Å². The number of methoxy groups -OCH3 is 1. The molecule has 1 saturated carbocycles. The topological polar surface area (TPSA) is 96.9 Å². The predicted molar refractivity (Wildman–Crippen MR) is 63.9 cm³/mol. The lowest BCUT2D eigenvalue weighted by Gasteiger charge is -2.32. The van der Waals surface area contributed by atoms with Gasteiger partial charge in [0, 0.05) is 7.11 Å². The van der Waals surface area contributed by atoms with E-state index < -0.39 is 5.54 Å². The van der Waals surface area contributed by atoms with E-state index >= 15 is 0 Å². The van der Waals surface area contributed by atoms with Crippen molar-refractivity contribution in [2.75, 3.05) is 13.7 Å². The summed E-state index contributed by atoms with van der Waals surface area (Å²) in [5.41, 5.74) is 5.03. The van der Waals surface area contributed by atoms with Gasteiger partial charge in [0.05, 0.1) is 0 Å². The van der Waals surface area contributed by atoms with E-state index in [0.29, 0.717) is 12.8 Å². The van der Waals surface area contributed by atoms with Crippen molar-refractivity contribution < 1.29 is 14.7 Å². The zero-order valence-corrected chi connectivity index (χ0v) is 10.2. The van der Waals surface area contributed by atoms with Crippen LogP contribution in [0.3, 0.4) is 0 Å². The van der Waals surface area contributed by atoms with Gasteiger partial charge in [-0.25, -0.2) is 0 Å². The molecule has 1 rings (SSSR count). The fraction of sp³-hybridized carbons (Fsp3) is 0.818. The Morgan fingerprint density at radius 2 is 2.00 bits per heavy atom. The first-order valence-electron chi connectivity index (χ1n) is 5.92. The highest BCUT2D eigenvalue weighted by atomic mass is 16.5. The molecular weight excluding hydrogens is 222 g/mol. The molecule has 1 aliphatic rings. The molecule has 17 heavy (non-hydrogen) atoms. The number of hydrogen-bond acceptors (Lipinski definition) is 4. The molecule has 98 valence electrons. The molecule has 0 atom stereocenters. The van der Waals surface area contributed by atoms with Crippen LogP contribution >= 0.6 is 0 Å². The molecule has 6 nitrogen and oxygen atoms in total. The highest BCUT2D eigenvalue weighted by Gasteiger charge is 2.36. The Hall–Kier alpha value is -1.30. The minimum absolute atomic E-state index is 0.0134. The molecule has 0 spiro atoms. The van der Waals surface area contributed by atoms with Gasteiger partial charge >= 0.3 is 0 Å². The van der Waals surface area contributed by atoms with Crippen LogP contribution in [0.15, 0.2) is 5.16 Å². The van der Waals surface area contributed by atoms with Crippen LogP contribution < -0.4 is 11.1 Å². The third-order valence-electron chi connectivity index (χ3n) is 3.21. The molecule has 0 aliphatic heterocycles. The number of ether oxygens (including phenoxy) is 1. The minimum Gasteiger partial charge on any atom is -0.409 e. The van der Waals surface area contributed by atoms with E-state index in [9.17, 15) is 4.79 Å². The summed E-state index contributed by atoms with van der Waals surface area (Å²) < 4.78 is 4.78. The molecule has 0 bridgehead atoms. The van der Waals surface area contributed by atoms with Crippen LogP contribution in [0.1, 0.15) is 38.5 Å². The van der Waals surface area contributed by atoms with Gasteiger partial charge in [0.1, 0.15) is 12.1 Å². The van der Waals surface area contributed by atoms with Gasteiger partial charge in [-0.3, -0.25) is 4.79 Å². The van der Waals surface area contributed by atoms with Crippen molar-refractivity contribution >= 4 is 11.7 Å². The number of oxime groups is 1. The van der Waals surface area contributed by atoms with Crippen molar-refractivity contribution in [3.8, 4) is 0 Å². The third kappa shape index (κ3) is 3.59. The van der Waals surface area contributed by atoms with E-state index in [2.05, 4.69) is 10.5 Å². The van der Waals surface area contributed by atoms with Crippen LogP contribution in [0, 0.1) is 0 Å². The van der Waals surface area contributed by atoms with E-state index in [1.54, 1.807) is 0 Å². The summed E-state index contributed by atoms with van der Waals surface area (Å²) in [5, 5.41) is 14.8. The zero-order chi connectivity index (χ0) is 12.7. The molecule has 0 unspecified atom stereocenters. The first-order chi connectivity index (χ1) is 8.14. The number of rotatable bonds is 4. The number of amidine groups is 1. The monoisotopic (exact) mass is 243 g/mol. The number of nitrogens with zero attached hydrogens (tertiary/aromatic N) is 1. The van der Waals surface area contributed by atoms with Crippen LogP contribution in [-0.4, -0.2) is 36.2 Å². The molecule has 0 aromatic heterocycles. The smallest absolute Gasteiger partial charge is 0.246 e. The lowest BCUT2D eigenvalue weighted by atomic mass is 9.88. The largest absolute Gasteiger partial charge is 0.409 e. The Bertz CT molecular complexity index is 284. The van der Waals surface area contributed by atoms with E-state index in [4.69, 9.17) is 15.7 Å². The maximum Gasteiger partial charge on any atom is 0.246 e. The van der Waals surface area contributed by atoms with Crippen LogP contribution in [0.4, 0.5) is 0 Å². The number of amides is 1. The molecule has 0 aromatic rings. The molecule has 0 saturated heterocycles. The average molecular weight is 243 g/mol. The van der Waals surface area contributed by atoms with Gasteiger partial charge in [-0.05, 0) is 12.8 Å². The Labute approximate surface area is 101 Å². The maximum atomic E-state index is 11.6. The molecule has 0 radical (unpaired) electrons. The molecule has 1 aliphatic carbocycles. The van der Waals surface area contributed by atoms with Gasteiger partial charge in [-0.2, -0.15) is 0 Å². The maximum absolute atomic E-state index is 11.6. The SMILES string of the molecule is COCC(=O)NC1(/C(N)=N/O)CCCCCC1. The third-order valence-corrected chi connectivity index (χ3v) is 3.21. The summed E-state index contributed by atoms with van der Waals surface area (Å²) >= 11 is 0. The van der Waals surface area contributed by atoms with Crippen LogP contribution in [0.2, 0.25) is 0 Å². The van der Waals surface area contributed by atoms with Gasteiger partial charge in [0.15, 0.2) is 5.84 Å². The van der Waals surface area contributed by atoms with E-state index in [-0.39, 0.29) is 18.3 Å². The Balaban J connectivity index is 2.80. The summed E-state index contributed by atoms with van der Waals surface area (Å²) in [6, 6.07) is 0. The first-order valence-corrected chi connectivity index (χ1v) is 5.92. The van der Waals surface area contributed by atoms with Crippen molar-refractivity contribution in [2.45, 2.75) is 44.1 Å². The number of carbonyl (C=O) groups is 1. The second-order valence-corrected chi connectivity index (χ2v) is 4.46. The van der Waals surface area contributed by atoms with Gasteiger partial charge in [-0.1, -0.05) is 30.8 Å². The minimum atomic E-state index is -0.707. The quantitative estimate of drug-likeness (QED) is 0.221. The molecule has 1 amide bonds. The summed E-state index contributed by atoms with van der Waals surface area (Å²) in [6.07, 6.45) is 5.56. The van der Waals surface area contributed by atoms with Crippen LogP contribution in [0.5, 0.6) is 0 Å². The lowest BCUT2D eigenvalue weighted by Crippen LogP contribution is -2.58. The van der Waals surface area contributed by atoms with Gasteiger partial charge in [-0.15, -0.1) is 0 Å². The molecular formula is C11H21N3O3. The average Bonchev–Trinajstić information content (AvgIpc) is 2.55. The van der Waals surface area contributed by atoms with Crippen molar-refractivity contribution in [3.05, 3.63) is 0 Å². The number of nitrogens with two attached hydrogens (primary N) is 1. The normalized spacial score (nSPS) is 20.6. The molecule has 6 heteroatoms. The molecule has 1 fully saturated rings. The highest BCUT2D eigenvalue weighted by Crippen LogP contribution is 2.27. The standard InChI is InChI=1S/C11H21N3O3/c1-17-8-9(15)13-11(10(12)14-16)6-4-2-3-5-7-11/h16H,2-8H2,1H3,(H2,12,14)(H,13,15). The summed E-state index contributed by atoms with van der Waals surface area (Å²) in [7, 11) is 1.46.